The molecule has 0 bridgehead atoms. The van der Waals surface area contributed by atoms with Crippen LogP contribution in [-0.4, -0.2) is 12.6 Å². The lowest BCUT2D eigenvalue weighted by molar-refractivity contribution is 0.0498. The van der Waals surface area contributed by atoms with Crippen LogP contribution in [0.25, 0.3) is 0 Å². The summed E-state index contributed by atoms with van der Waals surface area (Å²) in [6.07, 6.45) is 3.11. The van der Waals surface area contributed by atoms with Gasteiger partial charge in [0.15, 0.2) is 0 Å². The van der Waals surface area contributed by atoms with Gasteiger partial charge in [0, 0.05) is 4.47 Å². The third-order valence-electron chi connectivity index (χ3n) is 2.43. The maximum absolute atomic E-state index is 11.7. The molecule has 1 aromatic carbocycles. The van der Waals surface area contributed by atoms with Crippen molar-refractivity contribution < 1.29 is 9.53 Å². The second-order valence-electron chi connectivity index (χ2n) is 3.93. The van der Waals surface area contributed by atoms with Crippen molar-refractivity contribution in [3.63, 3.8) is 0 Å². The highest BCUT2D eigenvalue weighted by Crippen LogP contribution is 2.27. The molecule has 0 N–H and O–H groups in total. The lowest BCUT2D eigenvalue weighted by Crippen LogP contribution is -2.07. The second kappa shape index (κ2) is 7.02. The van der Waals surface area contributed by atoms with Gasteiger partial charge in [-0.25, -0.2) is 4.79 Å². The van der Waals surface area contributed by atoms with Gasteiger partial charge < -0.3 is 4.74 Å². The molecule has 0 heterocycles. The topological polar surface area (TPSA) is 26.3 Å². The van der Waals surface area contributed by atoms with Crippen LogP contribution in [0.2, 0.25) is 5.02 Å². The summed E-state index contributed by atoms with van der Waals surface area (Å²) >= 11 is 9.32. The van der Waals surface area contributed by atoms with Gasteiger partial charge in [-0.3, -0.25) is 0 Å². The fourth-order valence-electron chi connectivity index (χ4n) is 1.44. The van der Waals surface area contributed by atoms with Gasteiger partial charge in [0.2, 0.25) is 0 Å². The van der Waals surface area contributed by atoms with E-state index < -0.39 is 0 Å². The van der Waals surface area contributed by atoms with Gasteiger partial charge in [-0.1, -0.05) is 31.4 Å². The zero-order chi connectivity index (χ0) is 12.8. The highest BCUT2D eigenvalue weighted by atomic mass is 79.9. The van der Waals surface area contributed by atoms with Crippen molar-refractivity contribution >= 4 is 33.5 Å². The van der Waals surface area contributed by atoms with Crippen molar-refractivity contribution in [1.29, 1.82) is 0 Å². The van der Waals surface area contributed by atoms with E-state index in [1.54, 1.807) is 12.1 Å². The van der Waals surface area contributed by atoms with Crippen molar-refractivity contribution in [2.75, 3.05) is 6.61 Å². The Morgan fingerprint density at radius 3 is 2.71 bits per heavy atom. The van der Waals surface area contributed by atoms with E-state index in [4.69, 9.17) is 16.3 Å². The molecule has 4 heteroatoms. The molecule has 1 aromatic rings. The number of hydrogen-bond acceptors (Lipinski definition) is 2. The first-order chi connectivity index (χ1) is 8.06. The number of esters is 1. The molecule has 0 fully saturated rings. The van der Waals surface area contributed by atoms with Gasteiger partial charge in [-0.05, 0) is 47.0 Å². The minimum atomic E-state index is -0.290. The molecule has 17 heavy (non-hydrogen) atoms. The van der Waals surface area contributed by atoms with E-state index in [9.17, 15) is 4.79 Å². The van der Waals surface area contributed by atoms with E-state index in [1.807, 2.05) is 6.92 Å². The van der Waals surface area contributed by atoms with E-state index in [-0.39, 0.29) is 5.97 Å². The highest BCUT2D eigenvalue weighted by Gasteiger charge is 2.11. The monoisotopic (exact) mass is 318 g/mol. The van der Waals surface area contributed by atoms with Crippen LogP contribution < -0.4 is 0 Å². The molecule has 0 unspecified atom stereocenters. The molecule has 0 spiro atoms. The molecule has 0 saturated carbocycles. The van der Waals surface area contributed by atoms with Crippen molar-refractivity contribution in [2.45, 2.75) is 33.1 Å². The first-order valence-electron chi connectivity index (χ1n) is 5.69. The number of benzene rings is 1. The number of carbonyl (C=O) groups is 1. The van der Waals surface area contributed by atoms with E-state index in [0.717, 1.165) is 29.3 Å². The molecular formula is C13H16BrClO2. The van der Waals surface area contributed by atoms with Crippen molar-refractivity contribution in [2.24, 2.45) is 0 Å². The van der Waals surface area contributed by atoms with Crippen molar-refractivity contribution in [3.8, 4) is 0 Å². The van der Waals surface area contributed by atoms with Crippen LogP contribution >= 0.6 is 27.5 Å². The summed E-state index contributed by atoms with van der Waals surface area (Å²) in [5.74, 6) is -0.290. The van der Waals surface area contributed by atoms with Gasteiger partial charge in [0.05, 0.1) is 17.2 Å². The van der Waals surface area contributed by atoms with E-state index in [2.05, 4.69) is 22.9 Å². The van der Waals surface area contributed by atoms with Crippen LogP contribution in [0.4, 0.5) is 0 Å². The predicted molar refractivity (Wildman–Crippen MR) is 73.7 cm³/mol. The lowest BCUT2D eigenvalue weighted by Gasteiger charge is -2.07. The number of ether oxygens (including phenoxy) is 1. The molecule has 1 rings (SSSR count). The average Bonchev–Trinajstić information content (AvgIpc) is 2.30. The number of aryl methyl sites for hydroxylation is 1. The molecule has 0 atom stereocenters. The summed E-state index contributed by atoms with van der Waals surface area (Å²) in [4.78, 5) is 11.7. The summed E-state index contributed by atoms with van der Waals surface area (Å²) in [6.45, 7) is 4.45. The Hall–Kier alpha value is -0.540. The molecule has 0 aliphatic heterocycles. The quantitative estimate of drug-likeness (QED) is 0.578. The number of rotatable bonds is 5. The van der Waals surface area contributed by atoms with Crippen molar-refractivity contribution in [1.82, 2.24) is 0 Å². The molecule has 0 saturated heterocycles. The van der Waals surface area contributed by atoms with Crippen LogP contribution in [0.1, 0.15) is 42.1 Å². The summed E-state index contributed by atoms with van der Waals surface area (Å²) < 4.78 is 5.90. The van der Waals surface area contributed by atoms with Crippen molar-refractivity contribution in [3.05, 3.63) is 32.8 Å². The number of unbranched alkanes of at least 4 members (excludes halogenated alkanes) is 2. The SMILES string of the molecule is CCCCCOC(=O)c1cc(C)c(Cl)c(Br)c1. The minimum Gasteiger partial charge on any atom is -0.462 e. The fraction of sp³-hybridized carbons (Fsp3) is 0.462. The van der Waals surface area contributed by atoms with Gasteiger partial charge in [0.25, 0.3) is 0 Å². The summed E-state index contributed by atoms with van der Waals surface area (Å²) in [7, 11) is 0. The van der Waals surface area contributed by atoms with Gasteiger partial charge in [0.1, 0.15) is 0 Å². The summed E-state index contributed by atoms with van der Waals surface area (Å²) in [5, 5.41) is 0.632. The van der Waals surface area contributed by atoms with Crippen LogP contribution in [0.5, 0.6) is 0 Å². The summed E-state index contributed by atoms with van der Waals surface area (Å²) in [5.41, 5.74) is 1.40. The third kappa shape index (κ3) is 4.32. The Morgan fingerprint density at radius 2 is 2.12 bits per heavy atom. The van der Waals surface area contributed by atoms with E-state index in [1.165, 1.54) is 0 Å². The number of halogens is 2. The Labute approximate surface area is 115 Å². The first kappa shape index (κ1) is 14.5. The molecule has 0 aromatic heterocycles. The van der Waals surface area contributed by atoms with Crippen LogP contribution in [0.3, 0.4) is 0 Å². The fourth-order valence-corrected chi connectivity index (χ4v) is 2.11. The Bertz CT molecular complexity index is 381. The Morgan fingerprint density at radius 1 is 1.41 bits per heavy atom. The first-order valence-corrected chi connectivity index (χ1v) is 6.86. The zero-order valence-electron chi connectivity index (χ0n) is 10.1. The molecule has 94 valence electrons. The smallest absolute Gasteiger partial charge is 0.338 e. The Kier molecular flexibility index (Phi) is 6.00. The minimum absolute atomic E-state index is 0.290. The molecular weight excluding hydrogens is 303 g/mol. The largest absolute Gasteiger partial charge is 0.462 e. The highest BCUT2D eigenvalue weighted by molar-refractivity contribution is 9.10. The molecule has 0 radical (unpaired) electrons. The third-order valence-corrected chi connectivity index (χ3v) is 3.78. The van der Waals surface area contributed by atoms with Gasteiger partial charge >= 0.3 is 5.97 Å². The molecule has 0 amide bonds. The van der Waals surface area contributed by atoms with Crippen LogP contribution in [0.15, 0.2) is 16.6 Å². The maximum atomic E-state index is 11.7. The number of hydrogen-bond donors (Lipinski definition) is 0. The standard InChI is InChI=1S/C13H16BrClO2/c1-3-4-5-6-17-13(16)10-7-9(2)12(15)11(14)8-10/h7-8H,3-6H2,1-2H3. The van der Waals surface area contributed by atoms with Gasteiger partial charge in [-0.2, -0.15) is 0 Å². The maximum Gasteiger partial charge on any atom is 0.338 e. The van der Waals surface area contributed by atoms with Crippen LogP contribution in [-0.2, 0) is 4.74 Å². The number of carbonyl (C=O) groups excluding carboxylic acids is 1. The summed E-state index contributed by atoms with van der Waals surface area (Å²) in [6, 6.07) is 3.44. The molecule has 0 aliphatic rings. The molecule has 2 nitrogen and oxygen atoms in total. The van der Waals surface area contributed by atoms with E-state index in [0.29, 0.717) is 17.2 Å². The normalized spacial score (nSPS) is 10.4. The lowest BCUT2D eigenvalue weighted by atomic mass is 10.1. The Balaban J connectivity index is 2.63. The van der Waals surface area contributed by atoms with E-state index >= 15 is 0 Å². The predicted octanol–water partition coefficient (Wildman–Crippen LogP) is 4.76. The zero-order valence-corrected chi connectivity index (χ0v) is 12.4. The average molecular weight is 320 g/mol. The second-order valence-corrected chi connectivity index (χ2v) is 5.16. The molecule has 0 aliphatic carbocycles. The van der Waals surface area contributed by atoms with Gasteiger partial charge in [-0.15, -0.1) is 0 Å². The van der Waals surface area contributed by atoms with Crippen LogP contribution in [0, 0.1) is 6.92 Å².